The summed E-state index contributed by atoms with van der Waals surface area (Å²) in [5.41, 5.74) is 0.812. The third-order valence-corrected chi connectivity index (χ3v) is 4.35. The molecular weight excluding hydrogens is 311 g/mol. The van der Waals surface area contributed by atoms with Gasteiger partial charge < -0.3 is 4.90 Å². The van der Waals surface area contributed by atoms with Gasteiger partial charge in [-0.1, -0.05) is 6.92 Å². The van der Waals surface area contributed by atoms with Crippen LogP contribution in [0.15, 0.2) is 29.3 Å². The lowest BCUT2D eigenvalue weighted by molar-refractivity contribution is 0.438. The van der Waals surface area contributed by atoms with E-state index in [4.69, 9.17) is 0 Å². The minimum Gasteiger partial charge on any atom is -0.354 e. The summed E-state index contributed by atoms with van der Waals surface area (Å²) in [6.45, 7) is 3.73. The molecule has 0 aliphatic carbocycles. The molecule has 1 N–H and O–H groups in total. The van der Waals surface area contributed by atoms with E-state index in [9.17, 15) is 9.18 Å². The van der Waals surface area contributed by atoms with Crippen molar-refractivity contribution in [3.8, 4) is 11.4 Å². The normalized spacial score (nSPS) is 18.2. The number of hydrogen-bond donors (Lipinski definition) is 1. The summed E-state index contributed by atoms with van der Waals surface area (Å²) in [6.07, 6.45) is 4.97. The molecule has 4 rings (SSSR count). The lowest BCUT2D eigenvalue weighted by Gasteiger charge is -2.32. The van der Waals surface area contributed by atoms with Crippen LogP contribution in [0.5, 0.6) is 0 Å². The van der Waals surface area contributed by atoms with Crippen molar-refractivity contribution in [2.24, 2.45) is 5.92 Å². The Kier molecular flexibility index (Phi) is 3.51. The summed E-state index contributed by atoms with van der Waals surface area (Å²) in [4.78, 5) is 22.2. The van der Waals surface area contributed by atoms with Gasteiger partial charge in [0.15, 0.2) is 23.1 Å². The SMILES string of the molecule is CC1CCCN(c2nc(-c3ccc4n[nH]c(=O)n4c3)ncc2F)C1. The van der Waals surface area contributed by atoms with Crippen LogP contribution in [0.3, 0.4) is 0 Å². The van der Waals surface area contributed by atoms with Gasteiger partial charge >= 0.3 is 5.69 Å². The van der Waals surface area contributed by atoms with Gasteiger partial charge in [-0.15, -0.1) is 0 Å². The van der Waals surface area contributed by atoms with Crippen molar-refractivity contribution in [1.82, 2.24) is 24.6 Å². The number of H-pyrrole nitrogens is 1. The molecule has 1 aliphatic heterocycles. The number of nitrogens with one attached hydrogen (secondary N) is 1. The van der Waals surface area contributed by atoms with Gasteiger partial charge in [-0.2, -0.15) is 5.10 Å². The lowest BCUT2D eigenvalue weighted by atomic mass is 10.0. The predicted octanol–water partition coefficient (Wildman–Crippen LogP) is 1.85. The maximum atomic E-state index is 14.2. The summed E-state index contributed by atoms with van der Waals surface area (Å²) >= 11 is 0. The fraction of sp³-hybridized carbons (Fsp3) is 0.375. The van der Waals surface area contributed by atoms with E-state index in [0.29, 0.717) is 28.8 Å². The molecule has 0 saturated carbocycles. The summed E-state index contributed by atoms with van der Waals surface area (Å²) in [6, 6.07) is 3.47. The molecule has 1 saturated heterocycles. The van der Waals surface area contributed by atoms with Gasteiger partial charge in [-0.05, 0) is 30.9 Å². The highest BCUT2D eigenvalue weighted by molar-refractivity contribution is 5.59. The smallest absolute Gasteiger partial charge is 0.347 e. The van der Waals surface area contributed by atoms with Crippen molar-refractivity contribution in [3.05, 3.63) is 40.8 Å². The number of fused-ring (bicyclic) bond motifs is 1. The van der Waals surface area contributed by atoms with Crippen molar-refractivity contribution < 1.29 is 4.39 Å². The fourth-order valence-corrected chi connectivity index (χ4v) is 3.14. The zero-order chi connectivity index (χ0) is 16.7. The van der Waals surface area contributed by atoms with Crippen molar-refractivity contribution in [2.45, 2.75) is 19.8 Å². The number of rotatable bonds is 2. The number of anilines is 1. The Morgan fingerprint density at radius 2 is 2.25 bits per heavy atom. The van der Waals surface area contributed by atoms with Crippen molar-refractivity contribution in [3.63, 3.8) is 0 Å². The van der Waals surface area contributed by atoms with Crippen LogP contribution in [0.4, 0.5) is 10.2 Å². The monoisotopic (exact) mass is 328 g/mol. The highest BCUT2D eigenvalue weighted by atomic mass is 19.1. The molecule has 0 aromatic carbocycles. The maximum absolute atomic E-state index is 14.2. The van der Waals surface area contributed by atoms with Gasteiger partial charge in [0, 0.05) is 24.8 Å². The maximum Gasteiger partial charge on any atom is 0.347 e. The van der Waals surface area contributed by atoms with E-state index in [1.807, 2.05) is 4.90 Å². The number of aromatic amines is 1. The molecule has 0 bridgehead atoms. The zero-order valence-electron chi connectivity index (χ0n) is 13.2. The minimum atomic E-state index is -0.422. The van der Waals surface area contributed by atoms with Gasteiger partial charge in [-0.25, -0.2) is 28.7 Å². The Morgan fingerprint density at radius 3 is 3.08 bits per heavy atom. The standard InChI is InChI=1S/C16H17FN6O/c1-10-3-2-6-22(8-10)15-12(17)7-18-14(19-15)11-4-5-13-20-21-16(24)23(13)9-11/h4-5,7,9-10H,2-3,6,8H2,1H3,(H,21,24). The molecule has 3 aromatic heterocycles. The molecule has 0 radical (unpaired) electrons. The molecule has 8 heteroatoms. The van der Waals surface area contributed by atoms with Crippen LogP contribution in [-0.2, 0) is 0 Å². The van der Waals surface area contributed by atoms with Crippen LogP contribution in [0.25, 0.3) is 17.0 Å². The van der Waals surface area contributed by atoms with Crippen molar-refractivity contribution in [1.29, 1.82) is 0 Å². The van der Waals surface area contributed by atoms with E-state index < -0.39 is 5.82 Å². The highest BCUT2D eigenvalue weighted by Crippen LogP contribution is 2.25. The largest absolute Gasteiger partial charge is 0.354 e. The van der Waals surface area contributed by atoms with E-state index in [-0.39, 0.29) is 5.69 Å². The van der Waals surface area contributed by atoms with Crippen LogP contribution in [0, 0.1) is 11.7 Å². The molecule has 124 valence electrons. The predicted molar refractivity (Wildman–Crippen MR) is 87.4 cm³/mol. The highest BCUT2D eigenvalue weighted by Gasteiger charge is 2.21. The molecule has 24 heavy (non-hydrogen) atoms. The number of hydrogen-bond acceptors (Lipinski definition) is 5. The van der Waals surface area contributed by atoms with Crippen LogP contribution >= 0.6 is 0 Å². The van der Waals surface area contributed by atoms with Gasteiger partial charge in [0.1, 0.15) is 0 Å². The zero-order valence-corrected chi connectivity index (χ0v) is 13.2. The Labute approximate surface area is 137 Å². The number of nitrogens with zero attached hydrogens (tertiary/aromatic N) is 5. The Balaban J connectivity index is 1.76. The Hall–Kier alpha value is -2.77. The molecular formula is C16H17FN6O. The minimum absolute atomic E-state index is 0.325. The van der Waals surface area contributed by atoms with E-state index in [1.165, 1.54) is 10.6 Å². The van der Waals surface area contributed by atoms with Gasteiger partial charge in [-0.3, -0.25) is 0 Å². The average molecular weight is 328 g/mol. The molecule has 3 aromatic rings. The number of halogens is 1. The quantitative estimate of drug-likeness (QED) is 0.777. The van der Waals surface area contributed by atoms with Gasteiger partial charge in [0.05, 0.1) is 6.20 Å². The van der Waals surface area contributed by atoms with Crippen molar-refractivity contribution in [2.75, 3.05) is 18.0 Å². The summed E-state index contributed by atoms with van der Waals surface area (Å²) in [7, 11) is 0. The van der Waals surface area contributed by atoms with Gasteiger partial charge in [0.2, 0.25) is 0 Å². The number of piperidine rings is 1. The van der Waals surface area contributed by atoms with E-state index in [2.05, 4.69) is 27.1 Å². The van der Waals surface area contributed by atoms with Crippen LogP contribution in [0.1, 0.15) is 19.8 Å². The van der Waals surface area contributed by atoms with E-state index in [1.54, 1.807) is 18.3 Å². The Bertz CT molecular complexity index is 949. The second kappa shape index (κ2) is 5.70. The molecule has 7 nitrogen and oxygen atoms in total. The first kappa shape index (κ1) is 14.8. The average Bonchev–Trinajstić information content (AvgIpc) is 2.96. The first-order valence-corrected chi connectivity index (χ1v) is 7.96. The van der Waals surface area contributed by atoms with Gasteiger partial charge in [0.25, 0.3) is 0 Å². The summed E-state index contributed by atoms with van der Waals surface area (Å²) in [5, 5.41) is 6.26. The lowest BCUT2D eigenvalue weighted by Crippen LogP contribution is -2.35. The molecule has 1 unspecified atom stereocenters. The molecule has 0 amide bonds. The van der Waals surface area contributed by atoms with Crippen LogP contribution in [-0.4, -0.2) is 37.7 Å². The first-order chi connectivity index (χ1) is 11.6. The second-order valence-electron chi connectivity index (χ2n) is 6.23. The van der Waals surface area contributed by atoms with E-state index in [0.717, 1.165) is 25.9 Å². The number of aromatic nitrogens is 5. The third-order valence-electron chi connectivity index (χ3n) is 4.35. The fourth-order valence-electron chi connectivity index (χ4n) is 3.14. The third kappa shape index (κ3) is 2.53. The second-order valence-corrected chi connectivity index (χ2v) is 6.23. The summed E-state index contributed by atoms with van der Waals surface area (Å²) in [5.74, 6) is 0.803. The van der Waals surface area contributed by atoms with Crippen LogP contribution in [0.2, 0.25) is 0 Å². The molecule has 4 heterocycles. The number of pyridine rings is 1. The summed E-state index contributed by atoms with van der Waals surface area (Å²) < 4.78 is 15.6. The Morgan fingerprint density at radius 1 is 1.38 bits per heavy atom. The molecule has 1 atom stereocenters. The van der Waals surface area contributed by atoms with Crippen LogP contribution < -0.4 is 10.6 Å². The molecule has 0 spiro atoms. The molecule has 1 aliphatic rings. The topological polar surface area (TPSA) is 79.2 Å². The van der Waals surface area contributed by atoms with Crippen molar-refractivity contribution >= 4 is 11.5 Å². The first-order valence-electron chi connectivity index (χ1n) is 7.96. The van der Waals surface area contributed by atoms with E-state index >= 15 is 0 Å². The molecule has 1 fully saturated rings.